The Labute approximate surface area is 168 Å². The van der Waals surface area contributed by atoms with Gasteiger partial charge in [-0.3, -0.25) is 9.59 Å². The van der Waals surface area contributed by atoms with Gasteiger partial charge in [-0.05, 0) is 55.2 Å². The summed E-state index contributed by atoms with van der Waals surface area (Å²) in [6.45, 7) is 3.77. The fourth-order valence-electron chi connectivity index (χ4n) is 3.72. The van der Waals surface area contributed by atoms with Gasteiger partial charge >= 0.3 is 0 Å². The maximum atomic E-state index is 13.4. The van der Waals surface area contributed by atoms with Crippen molar-refractivity contribution in [2.24, 2.45) is 0 Å². The summed E-state index contributed by atoms with van der Waals surface area (Å²) in [7, 11) is 0. The summed E-state index contributed by atoms with van der Waals surface area (Å²) in [6, 6.07) is 13.7. The van der Waals surface area contributed by atoms with Crippen molar-refractivity contribution in [3.05, 3.63) is 58.1 Å². The molecule has 2 aromatic carbocycles. The highest BCUT2D eigenvalue weighted by molar-refractivity contribution is 9.10. The van der Waals surface area contributed by atoms with Crippen molar-refractivity contribution >= 4 is 39.1 Å². The quantitative estimate of drug-likeness (QED) is 0.654. The monoisotopic (exact) mass is 428 g/mol. The number of rotatable bonds is 5. The van der Waals surface area contributed by atoms with Gasteiger partial charge in [-0.25, -0.2) is 0 Å². The highest BCUT2D eigenvalue weighted by Crippen LogP contribution is 2.42. The number of nitrogens with one attached hydrogen (secondary N) is 2. The number of aryl methyl sites for hydroxylation is 1. The van der Waals surface area contributed by atoms with Gasteiger partial charge in [-0.15, -0.1) is 0 Å². The molecule has 0 saturated heterocycles. The minimum atomic E-state index is -0.490. The second-order valence-corrected chi connectivity index (χ2v) is 8.10. The number of hydrogen-bond donors (Lipinski definition) is 2. The Morgan fingerprint density at radius 1 is 1.04 bits per heavy atom. The third-order valence-electron chi connectivity index (χ3n) is 5.38. The summed E-state index contributed by atoms with van der Waals surface area (Å²) in [6.07, 6.45) is 4.23. The summed E-state index contributed by atoms with van der Waals surface area (Å²) in [5.74, 6) is -0.0114. The molecule has 0 spiro atoms. The molecule has 0 aromatic heterocycles. The van der Waals surface area contributed by atoms with E-state index in [1.54, 1.807) is 0 Å². The standard InChI is InChI=1S/C22H25BrN2O2/c1-3-20(26)24-18-11-6-15(2)19(14-18)25-21(27)22(12-4-5-13-22)16-7-9-17(23)10-8-16/h6-11,14H,3-5,12-13H2,1-2H3,(H,24,26)(H,25,27). The van der Waals surface area contributed by atoms with Crippen molar-refractivity contribution in [3.8, 4) is 0 Å². The predicted molar refractivity (Wildman–Crippen MR) is 113 cm³/mol. The van der Waals surface area contributed by atoms with E-state index in [4.69, 9.17) is 0 Å². The second-order valence-electron chi connectivity index (χ2n) is 7.18. The number of hydrogen-bond acceptors (Lipinski definition) is 2. The van der Waals surface area contributed by atoms with E-state index in [9.17, 15) is 9.59 Å². The molecule has 1 aliphatic rings. The first-order valence-electron chi connectivity index (χ1n) is 9.42. The maximum Gasteiger partial charge on any atom is 0.235 e. The number of amides is 2. The maximum absolute atomic E-state index is 13.4. The van der Waals surface area contributed by atoms with Crippen LogP contribution in [0.1, 0.15) is 50.2 Å². The Balaban J connectivity index is 1.87. The molecule has 0 atom stereocenters. The molecule has 1 fully saturated rings. The van der Waals surface area contributed by atoms with Gasteiger partial charge in [0.1, 0.15) is 0 Å². The number of halogens is 1. The smallest absolute Gasteiger partial charge is 0.235 e. The lowest BCUT2D eigenvalue weighted by molar-refractivity contribution is -0.121. The van der Waals surface area contributed by atoms with Crippen LogP contribution < -0.4 is 10.6 Å². The second kappa shape index (κ2) is 8.26. The van der Waals surface area contributed by atoms with Crippen molar-refractivity contribution in [1.82, 2.24) is 0 Å². The molecule has 3 rings (SSSR count). The number of carbonyl (C=O) groups excluding carboxylic acids is 2. The zero-order valence-electron chi connectivity index (χ0n) is 15.8. The highest BCUT2D eigenvalue weighted by Gasteiger charge is 2.42. The zero-order valence-corrected chi connectivity index (χ0v) is 17.4. The minimum Gasteiger partial charge on any atom is -0.326 e. The summed E-state index contributed by atoms with van der Waals surface area (Å²) in [5.41, 5.74) is 3.00. The van der Waals surface area contributed by atoms with Gasteiger partial charge in [0.2, 0.25) is 11.8 Å². The van der Waals surface area contributed by atoms with Crippen LogP contribution in [-0.2, 0) is 15.0 Å². The van der Waals surface area contributed by atoms with Crippen molar-refractivity contribution in [2.75, 3.05) is 10.6 Å². The van der Waals surface area contributed by atoms with Crippen molar-refractivity contribution in [3.63, 3.8) is 0 Å². The molecule has 27 heavy (non-hydrogen) atoms. The van der Waals surface area contributed by atoms with Crippen molar-refractivity contribution in [2.45, 2.75) is 51.4 Å². The first kappa shape index (κ1) is 19.6. The molecule has 0 bridgehead atoms. The highest BCUT2D eigenvalue weighted by atomic mass is 79.9. The fraction of sp³-hybridized carbons (Fsp3) is 0.364. The van der Waals surface area contributed by atoms with E-state index in [1.807, 2.05) is 56.3 Å². The molecule has 0 heterocycles. The topological polar surface area (TPSA) is 58.2 Å². The van der Waals surface area contributed by atoms with E-state index in [2.05, 4.69) is 26.6 Å². The van der Waals surface area contributed by atoms with Crippen LogP contribution >= 0.6 is 15.9 Å². The summed E-state index contributed by atoms with van der Waals surface area (Å²) in [4.78, 5) is 25.0. The van der Waals surface area contributed by atoms with E-state index in [0.717, 1.165) is 47.0 Å². The molecule has 1 saturated carbocycles. The lowest BCUT2D eigenvalue weighted by Gasteiger charge is -2.29. The average Bonchev–Trinajstić information content (AvgIpc) is 3.16. The summed E-state index contributed by atoms with van der Waals surface area (Å²) in [5, 5.41) is 5.99. The van der Waals surface area contributed by atoms with E-state index in [1.165, 1.54) is 0 Å². The Hall–Kier alpha value is -2.14. The molecule has 0 aliphatic heterocycles. The first-order valence-corrected chi connectivity index (χ1v) is 10.2. The normalized spacial score (nSPS) is 15.4. The van der Waals surface area contributed by atoms with Crippen LogP contribution in [0.2, 0.25) is 0 Å². The molecule has 2 amide bonds. The Kier molecular flexibility index (Phi) is 6.00. The molecule has 0 radical (unpaired) electrons. The van der Waals surface area contributed by atoms with Crippen LogP contribution in [0.5, 0.6) is 0 Å². The molecular formula is C22H25BrN2O2. The summed E-state index contributed by atoms with van der Waals surface area (Å²) < 4.78 is 1.01. The van der Waals surface area contributed by atoms with Crippen LogP contribution in [0.4, 0.5) is 11.4 Å². The van der Waals surface area contributed by atoms with Crippen LogP contribution in [-0.4, -0.2) is 11.8 Å². The van der Waals surface area contributed by atoms with E-state index < -0.39 is 5.41 Å². The number of carbonyl (C=O) groups is 2. The van der Waals surface area contributed by atoms with Gasteiger partial charge in [0.15, 0.2) is 0 Å². The molecule has 5 heteroatoms. The molecule has 2 N–H and O–H groups in total. The predicted octanol–water partition coefficient (Wildman–Crippen LogP) is 5.56. The number of benzene rings is 2. The third-order valence-corrected chi connectivity index (χ3v) is 5.91. The Morgan fingerprint density at radius 3 is 2.33 bits per heavy atom. The lowest BCUT2D eigenvalue weighted by atomic mass is 9.78. The lowest BCUT2D eigenvalue weighted by Crippen LogP contribution is -2.38. The van der Waals surface area contributed by atoms with Crippen LogP contribution in [0.3, 0.4) is 0 Å². The van der Waals surface area contributed by atoms with Crippen molar-refractivity contribution < 1.29 is 9.59 Å². The molecule has 142 valence electrons. The minimum absolute atomic E-state index is 0.0318. The largest absolute Gasteiger partial charge is 0.326 e. The van der Waals surface area contributed by atoms with Crippen molar-refractivity contribution in [1.29, 1.82) is 0 Å². The van der Waals surface area contributed by atoms with E-state index >= 15 is 0 Å². The average molecular weight is 429 g/mol. The molecular weight excluding hydrogens is 404 g/mol. The van der Waals surface area contributed by atoms with Crippen LogP contribution in [0, 0.1) is 6.92 Å². The fourth-order valence-corrected chi connectivity index (χ4v) is 3.98. The van der Waals surface area contributed by atoms with Gasteiger partial charge in [-0.2, -0.15) is 0 Å². The first-order chi connectivity index (χ1) is 12.9. The van der Waals surface area contributed by atoms with Gasteiger partial charge in [-0.1, -0.05) is 53.9 Å². The molecule has 2 aromatic rings. The zero-order chi connectivity index (χ0) is 19.4. The molecule has 4 nitrogen and oxygen atoms in total. The Morgan fingerprint density at radius 2 is 1.70 bits per heavy atom. The molecule has 0 unspecified atom stereocenters. The van der Waals surface area contributed by atoms with Gasteiger partial charge in [0, 0.05) is 22.3 Å². The van der Waals surface area contributed by atoms with Crippen LogP contribution in [0.15, 0.2) is 46.9 Å². The molecule has 1 aliphatic carbocycles. The van der Waals surface area contributed by atoms with E-state index in [-0.39, 0.29) is 11.8 Å². The third kappa shape index (κ3) is 4.24. The van der Waals surface area contributed by atoms with Gasteiger partial charge in [0.25, 0.3) is 0 Å². The van der Waals surface area contributed by atoms with E-state index in [0.29, 0.717) is 12.1 Å². The summed E-state index contributed by atoms with van der Waals surface area (Å²) >= 11 is 3.47. The van der Waals surface area contributed by atoms with Crippen LogP contribution in [0.25, 0.3) is 0 Å². The number of anilines is 2. The Bertz CT molecular complexity index is 840. The van der Waals surface area contributed by atoms with Gasteiger partial charge < -0.3 is 10.6 Å². The van der Waals surface area contributed by atoms with Gasteiger partial charge in [0.05, 0.1) is 5.41 Å². The SMILES string of the molecule is CCC(=O)Nc1ccc(C)c(NC(=O)C2(c3ccc(Br)cc3)CCCC2)c1.